The highest BCUT2D eigenvalue weighted by Crippen LogP contribution is 2.16. The van der Waals surface area contributed by atoms with Gasteiger partial charge in [-0.1, -0.05) is 12.2 Å². The standard InChI is InChI=1S/C10H15F3N2OS/c1-7(14-9(16)10(11,12)13)8(17)15-5-3-2-4-6-15/h7H,2-6H2,1H3,(H,14,16). The molecule has 1 heterocycles. The zero-order chi connectivity index (χ0) is 13.1. The van der Waals surface area contributed by atoms with Crippen LogP contribution in [0.3, 0.4) is 0 Å². The van der Waals surface area contributed by atoms with Crippen LogP contribution in [-0.2, 0) is 4.79 Å². The van der Waals surface area contributed by atoms with E-state index in [0.717, 1.165) is 32.4 Å². The van der Waals surface area contributed by atoms with Crippen LogP contribution in [0.1, 0.15) is 26.2 Å². The lowest BCUT2D eigenvalue weighted by atomic mass is 10.1. The highest BCUT2D eigenvalue weighted by Gasteiger charge is 2.39. The van der Waals surface area contributed by atoms with Crippen molar-refractivity contribution in [3.8, 4) is 0 Å². The molecule has 0 aromatic carbocycles. The van der Waals surface area contributed by atoms with E-state index >= 15 is 0 Å². The van der Waals surface area contributed by atoms with Crippen molar-refractivity contribution in [2.75, 3.05) is 13.1 Å². The van der Waals surface area contributed by atoms with E-state index in [-0.39, 0.29) is 0 Å². The number of carbonyl (C=O) groups excluding carboxylic acids is 1. The fraction of sp³-hybridized carbons (Fsp3) is 0.800. The maximum absolute atomic E-state index is 12.0. The summed E-state index contributed by atoms with van der Waals surface area (Å²) in [6.07, 6.45) is -1.77. The Balaban J connectivity index is 2.49. The first-order valence-electron chi connectivity index (χ1n) is 5.49. The average molecular weight is 268 g/mol. The van der Waals surface area contributed by atoms with Gasteiger partial charge >= 0.3 is 12.1 Å². The molecular weight excluding hydrogens is 253 g/mol. The van der Waals surface area contributed by atoms with Crippen LogP contribution >= 0.6 is 12.2 Å². The van der Waals surface area contributed by atoms with Gasteiger partial charge in [0.15, 0.2) is 0 Å². The Hall–Kier alpha value is -0.850. The molecule has 1 atom stereocenters. The second kappa shape index (κ2) is 5.66. The Bertz CT molecular complexity index is 300. The van der Waals surface area contributed by atoms with E-state index in [1.807, 2.05) is 10.2 Å². The van der Waals surface area contributed by atoms with Gasteiger partial charge in [0.1, 0.15) is 4.99 Å². The normalized spacial score (nSPS) is 18.7. The summed E-state index contributed by atoms with van der Waals surface area (Å²) in [4.78, 5) is 13.0. The Kier molecular flexibility index (Phi) is 4.73. The van der Waals surface area contributed by atoms with E-state index in [1.54, 1.807) is 0 Å². The zero-order valence-electron chi connectivity index (χ0n) is 9.51. The molecule has 0 bridgehead atoms. The fourth-order valence-corrected chi connectivity index (χ4v) is 1.97. The molecule has 1 aliphatic rings. The molecule has 1 fully saturated rings. The third kappa shape index (κ3) is 4.14. The number of nitrogens with zero attached hydrogens (tertiary/aromatic N) is 1. The molecule has 0 spiro atoms. The van der Waals surface area contributed by atoms with Crippen LogP contribution in [0, 0.1) is 0 Å². The monoisotopic (exact) mass is 268 g/mol. The molecule has 3 nitrogen and oxygen atoms in total. The van der Waals surface area contributed by atoms with Crippen molar-refractivity contribution in [1.29, 1.82) is 0 Å². The maximum Gasteiger partial charge on any atom is 0.471 e. The molecule has 0 aromatic rings. The Morgan fingerprint density at radius 3 is 2.29 bits per heavy atom. The van der Waals surface area contributed by atoms with E-state index in [9.17, 15) is 18.0 Å². The molecule has 7 heteroatoms. The van der Waals surface area contributed by atoms with Gasteiger partial charge < -0.3 is 10.2 Å². The van der Waals surface area contributed by atoms with E-state index < -0.39 is 18.1 Å². The number of amides is 1. The number of thiocarbonyl (C=S) groups is 1. The zero-order valence-corrected chi connectivity index (χ0v) is 10.3. The molecule has 0 aromatic heterocycles. The van der Waals surface area contributed by atoms with E-state index in [1.165, 1.54) is 6.92 Å². The number of rotatable bonds is 2. The summed E-state index contributed by atoms with van der Waals surface area (Å²) in [7, 11) is 0. The lowest BCUT2D eigenvalue weighted by Crippen LogP contribution is -2.50. The van der Waals surface area contributed by atoms with Gasteiger partial charge in [-0.25, -0.2) is 0 Å². The highest BCUT2D eigenvalue weighted by atomic mass is 32.1. The minimum atomic E-state index is -4.86. The average Bonchev–Trinajstić information content (AvgIpc) is 2.27. The first-order chi connectivity index (χ1) is 7.82. The second-order valence-corrected chi connectivity index (χ2v) is 4.50. The van der Waals surface area contributed by atoms with Gasteiger partial charge in [0, 0.05) is 13.1 Å². The number of alkyl halides is 3. The maximum atomic E-state index is 12.0. The van der Waals surface area contributed by atoms with Crippen molar-refractivity contribution in [3.05, 3.63) is 0 Å². The third-order valence-electron chi connectivity index (χ3n) is 2.64. The molecular formula is C10H15F3N2OS. The number of hydrogen-bond donors (Lipinski definition) is 1. The molecule has 1 amide bonds. The molecule has 0 aliphatic carbocycles. The van der Waals surface area contributed by atoms with Crippen LogP contribution in [0.5, 0.6) is 0 Å². The number of hydrogen-bond acceptors (Lipinski definition) is 2. The van der Waals surface area contributed by atoms with Gasteiger partial charge in [-0.05, 0) is 26.2 Å². The molecule has 1 N–H and O–H groups in total. The Labute approximate surface area is 103 Å². The van der Waals surface area contributed by atoms with E-state index in [4.69, 9.17) is 12.2 Å². The summed E-state index contributed by atoms with van der Waals surface area (Å²) >= 11 is 5.08. The van der Waals surface area contributed by atoms with Gasteiger partial charge in [0.2, 0.25) is 0 Å². The minimum Gasteiger partial charge on any atom is -0.364 e. The smallest absolute Gasteiger partial charge is 0.364 e. The van der Waals surface area contributed by atoms with Crippen LogP contribution < -0.4 is 5.32 Å². The largest absolute Gasteiger partial charge is 0.471 e. The topological polar surface area (TPSA) is 32.3 Å². The van der Waals surface area contributed by atoms with Crippen LogP contribution in [-0.4, -0.2) is 41.1 Å². The number of nitrogens with one attached hydrogen (secondary N) is 1. The molecule has 1 unspecified atom stereocenters. The predicted molar refractivity (Wildman–Crippen MR) is 61.7 cm³/mol. The van der Waals surface area contributed by atoms with Crippen molar-refractivity contribution >= 4 is 23.1 Å². The van der Waals surface area contributed by atoms with Gasteiger partial charge in [0.05, 0.1) is 6.04 Å². The fourth-order valence-electron chi connectivity index (χ4n) is 1.73. The SMILES string of the molecule is CC(NC(=O)C(F)(F)F)C(=S)N1CCCCC1. The minimum absolute atomic E-state index is 0.377. The molecule has 0 radical (unpaired) electrons. The first kappa shape index (κ1) is 14.2. The summed E-state index contributed by atoms with van der Waals surface area (Å²) in [5.41, 5.74) is 0. The molecule has 1 saturated heterocycles. The summed E-state index contributed by atoms with van der Waals surface area (Å²) in [5.74, 6) is -1.94. The quantitative estimate of drug-likeness (QED) is 0.776. The molecule has 1 rings (SSSR count). The lowest BCUT2D eigenvalue weighted by molar-refractivity contribution is -0.173. The number of likely N-dealkylation sites (tertiary alicyclic amines) is 1. The van der Waals surface area contributed by atoms with Crippen LogP contribution in [0.15, 0.2) is 0 Å². The number of carbonyl (C=O) groups is 1. The lowest BCUT2D eigenvalue weighted by Gasteiger charge is -2.32. The van der Waals surface area contributed by atoms with Crippen molar-refractivity contribution in [1.82, 2.24) is 10.2 Å². The van der Waals surface area contributed by atoms with E-state index in [2.05, 4.69) is 0 Å². The van der Waals surface area contributed by atoms with Gasteiger partial charge in [-0.3, -0.25) is 4.79 Å². The van der Waals surface area contributed by atoms with Crippen molar-refractivity contribution in [2.45, 2.75) is 38.4 Å². The molecule has 1 aliphatic heterocycles. The first-order valence-corrected chi connectivity index (χ1v) is 5.89. The Morgan fingerprint density at radius 1 is 1.29 bits per heavy atom. The summed E-state index contributed by atoms with van der Waals surface area (Å²) < 4.78 is 36.1. The van der Waals surface area contributed by atoms with Crippen LogP contribution in [0.2, 0.25) is 0 Å². The predicted octanol–water partition coefficient (Wildman–Crippen LogP) is 1.87. The summed E-state index contributed by atoms with van der Waals surface area (Å²) in [6, 6.07) is -0.766. The number of piperidine rings is 1. The summed E-state index contributed by atoms with van der Waals surface area (Å²) in [6.45, 7) is 2.98. The third-order valence-corrected chi connectivity index (χ3v) is 3.25. The molecule has 0 saturated carbocycles. The highest BCUT2D eigenvalue weighted by molar-refractivity contribution is 7.80. The van der Waals surface area contributed by atoms with Crippen molar-refractivity contribution in [3.63, 3.8) is 0 Å². The summed E-state index contributed by atoms with van der Waals surface area (Å²) in [5, 5.41) is 1.87. The van der Waals surface area contributed by atoms with E-state index in [0.29, 0.717) is 4.99 Å². The van der Waals surface area contributed by atoms with Crippen LogP contribution in [0.25, 0.3) is 0 Å². The van der Waals surface area contributed by atoms with Gasteiger partial charge in [-0.2, -0.15) is 13.2 Å². The molecule has 17 heavy (non-hydrogen) atoms. The van der Waals surface area contributed by atoms with Crippen molar-refractivity contribution < 1.29 is 18.0 Å². The molecule has 98 valence electrons. The van der Waals surface area contributed by atoms with Crippen molar-refractivity contribution in [2.24, 2.45) is 0 Å². The Morgan fingerprint density at radius 2 is 1.82 bits per heavy atom. The van der Waals surface area contributed by atoms with Crippen LogP contribution in [0.4, 0.5) is 13.2 Å². The number of halogens is 3. The van der Waals surface area contributed by atoms with Gasteiger partial charge in [0.25, 0.3) is 0 Å². The van der Waals surface area contributed by atoms with Gasteiger partial charge in [-0.15, -0.1) is 0 Å². The second-order valence-electron chi connectivity index (χ2n) is 4.08.